The van der Waals surface area contributed by atoms with Gasteiger partial charge >= 0.3 is 6.03 Å². The highest BCUT2D eigenvalue weighted by molar-refractivity contribution is 6.42. The summed E-state index contributed by atoms with van der Waals surface area (Å²) in [7, 11) is 0. The molecule has 0 aliphatic carbocycles. The number of anilines is 1. The molecule has 0 aromatic heterocycles. The monoisotopic (exact) mass is 315 g/mol. The van der Waals surface area contributed by atoms with Gasteiger partial charge in [-0.05, 0) is 56.5 Å². The van der Waals surface area contributed by atoms with Crippen molar-refractivity contribution in [2.45, 2.75) is 19.3 Å². The second-order valence-corrected chi connectivity index (χ2v) is 5.83. The first kappa shape index (κ1) is 15.4. The van der Waals surface area contributed by atoms with Gasteiger partial charge in [-0.25, -0.2) is 4.79 Å². The number of hydrogen-bond donors (Lipinski definition) is 3. The fraction of sp³-hybridized carbons (Fsp3) is 0.500. The minimum Gasteiger partial charge on any atom is -0.338 e. The van der Waals surface area contributed by atoms with E-state index in [1.807, 2.05) is 0 Å². The van der Waals surface area contributed by atoms with Crippen molar-refractivity contribution in [3.8, 4) is 0 Å². The fourth-order valence-corrected chi connectivity index (χ4v) is 2.61. The Hall–Kier alpha value is -0.970. The van der Waals surface area contributed by atoms with Crippen LogP contribution in [0.1, 0.15) is 19.3 Å². The van der Waals surface area contributed by atoms with Crippen LogP contribution in [0.15, 0.2) is 18.2 Å². The minimum atomic E-state index is -0.216. The maximum absolute atomic E-state index is 11.7. The number of carbonyl (C=O) groups excluding carboxylic acids is 1. The van der Waals surface area contributed by atoms with Crippen molar-refractivity contribution in [2.75, 3.05) is 25.0 Å². The molecule has 4 nitrogen and oxygen atoms in total. The molecule has 1 aliphatic rings. The molecule has 0 bridgehead atoms. The van der Waals surface area contributed by atoms with E-state index in [0.29, 0.717) is 28.2 Å². The Labute approximate surface area is 129 Å². The molecular weight excluding hydrogens is 297 g/mol. The molecule has 1 aromatic carbocycles. The third kappa shape index (κ3) is 4.85. The van der Waals surface area contributed by atoms with Gasteiger partial charge in [0.25, 0.3) is 0 Å². The molecule has 1 aliphatic heterocycles. The Balaban J connectivity index is 1.70. The van der Waals surface area contributed by atoms with Gasteiger partial charge in [0, 0.05) is 12.2 Å². The van der Waals surface area contributed by atoms with Crippen LogP contribution in [-0.2, 0) is 0 Å². The van der Waals surface area contributed by atoms with E-state index >= 15 is 0 Å². The van der Waals surface area contributed by atoms with Gasteiger partial charge in [-0.2, -0.15) is 0 Å². The maximum Gasteiger partial charge on any atom is 0.319 e. The van der Waals surface area contributed by atoms with E-state index in [4.69, 9.17) is 23.2 Å². The number of rotatable bonds is 4. The van der Waals surface area contributed by atoms with Crippen LogP contribution in [0.25, 0.3) is 0 Å². The number of amides is 2. The molecule has 1 fully saturated rings. The molecule has 110 valence electrons. The molecule has 2 amide bonds. The molecule has 0 saturated carbocycles. The Morgan fingerprint density at radius 3 is 2.90 bits per heavy atom. The van der Waals surface area contributed by atoms with Gasteiger partial charge in [-0.3, -0.25) is 0 Å². The predicted octanol–water partition coefficient (Wildman–Crippen LogP) is 3.50. The first-order valence-corrected chi connectivity index (χ1v) is 7.61. The van der Waals surface area contributed by atoms with Crippen molar-refractivity contribution in [3.63, 3.8) is 0 Å². The predicted molar refractivity (Wildman–Crippen MR) is 83.7 cm³/mol. The number of urea groups is 1. The second kappa shape index (κ2) is 7.72. The Morgan fingerprint density at radius 1 is 1.35 bits per heavy atom. The normalized spacial score (nSPS) is 18.6. The van der Waals surface area contributed by atoms with Crippen LogP contribution in [0.2, 0.25) is 10.0 Å². The molecule has 2 rings (SSSR count). The second-order valence-electron chi connectivity index (χ2n) is 5.01. The van der Waals surface area contributed by atoms with Gasteiger partial charge in [-0.15, -0.1) is 0 Å². The Kier molecular flexibility index (Phi) is 5.95. The van der Waals surface area contributed by atoms with Gasteiger partial charge in [0.1, 0.15) is 0 Å². The number of benzene rings is 1. The molecular formula is C14H19Cl2N3O. The fourth-order valence-electron chi connectivity index (χ4n) is 2.31. The number of nitrogens with one attached hydrogen (secondary N) is 3. The number of hydrogen-bond acceptors (Lipinski definition) is 2. The maximum atomic E-state index is 11.7. The van der Waals surface area contributed by atoms with Crippen LogP contribution in [0.5, 0.6) is 0 Å². The molecule has 1 unspecified atom stereocenters. The first-order chi connectivity index (χ1) is 9.65. The van der Waals surface area contributed by atoms with Crippen LogP contribution < -0.4 is 16.0 Å². The van der Waals surface area contributed by atoms with E-state index in [1.54, 1.807) is 18.2 Å². The molecule has 3 N–H and O–H groups in total. The van der Waals surface area contributed by atoms with E-state index in [2.05, 4.69) is 16.0 Å². The summed E-state index contributed by atoms with van der Waals surface area (Å²) in [5.74, 6) is 0.661. The van der Waals surface area contributed by atoms with Crippen molar-refractivity contribution in [2.24, 2.45) is 5.92 Å². The molecule has 0 radical (unpaired) electrons. The van der Waals surface area contributed by atoms with E-state index in [9.17, 15) is 4.79 Å². The molecule has 1 heterocycles. The number of halogens is 2. The summed E-state index contributed by atoms with van der Waals surface area (Å²) in [4.78, 5) is 11.7. The standard InChI is InChI=1S/C14H19Cl2N3O/c15-12-4-3-11(8-13(12)16)19-14(20)18-7-5-10-2-1-6-17-9-10/h3-4,8,10,17H,1-2,5-7,9H2,(H2,18,19,20). The Bertz CT molecular complexity index is 462. The van der Waals surface area contributed by atoms with Crippen LogP contribution in [0.3, 0.4) is 0 Å². The molecule has 6 heteroatoms. The third-order valence-electron chi connectivity index (χ3n) is 3.41. The quantitative estimate of drug-likeness (QED) is 0.796. The van der Waals surface area contributed by atoms with Gasteiger partial charge in [-0.1, -0.05) is 23.2 Å². The summed E-state index contributed by atoms with van der Waals surface area (Å²) >= 11 is 11.7. The summed E-state index contributed by atoms with van der Waals surface area (Å²) < 4.78 is 0. The van der Waals surface area contributed by atoms with Crippen LogP contribution in [0, 0.1) is 5.92 Å². The molecule has 1 atom stereocenters. The molecule has 0 spiro atoms. The van der Waals surface area contributed by atoms with Gasteiger partial charge in [0.2, 0.25) is 0 Å². The lowest BCUT2D eigenvalue weighted by molar-refractivity contribution is 0.250. The van der Waals surface area contributed by atoms with E-state index in [0.717, 1.165) is 19.5 Å². The van der Waals surface area contributed by atoms with Crippen LogP contribution in [0.4, 0.5) is 10.5 Å². The third-order valence-corrected chi connectivity index (χ3v) is 4.15. The van der Waals surface area contributed by atoms with E-state index in [-0.39, 0.29) is 6.03 Å². The zero-order chi connectivity index (χ0) is 14.4. The summed E-state index contributed by atoms with van der Waals surface area (Å²) in [6.07, 6.45) is 3.46. The van der Waals surface area contributed by atoms with Crippen molar-refractivity contribution in [3.05, 3.63) is 28.2 Å². The summed E-state index contributed by atoms with van der Waals surface area (Å²) in [6.45, 7) is 2.84. The highest BCUT2D eigenvalue weighted by atomic mass is 35.5. The lowest BCUT2D eigenvalue weighted by Crippen LogP contribution is -2.34. The topological polar surface area (TPSA) is 53.2 Å². The molecule has 1 aromatic rings. The number of carbonyl (C=O) groups is 1. The van der Waals surface area contributed by atoms with Crippen molar-refractivity contribution < 1.29 is 4.79 Å². The van der Waals surface area contributed by atoms with Crippen LogP contribution in [-0.4, -0.2) is 25.7 Å². The average Bonchev–Trinajstić information content (AvgIpc) is 2.44. The van der Waals surface area contributed by atoms with Gasteiger partial charge in [0.05, 0.1) is 10.0 Å². The zero-order valence-corrected chi connectivity index (χ0v) is 12.7. The molecule has 1 saturated heterocycles. The smallest absolute Gasteiger partial charge is 0.319 e. The van der Waals surface area contributed by atoms with Gasteiger partial charge < -0.3 is 16.0 Å². The lowest BCUT2D eigenvalue weighted by Gasteiger charge is -2.22. The average molecular weight is 316 g/mol. The Morgan fingerprint density at radius 2 is 2.20 bits per heavy atom. The largest absolute Gasteiger partial charge is 0.338 e. The summed E-state index contributed by atoms with van der Waals surface area (Å²) in [6, 6.07) is 4.80. The minimum absolute atomic E-state index is 0.216. The highest BCUT2D eigenvalue weighted by Gasteiger charge is 2.12. The first-order valence-electron chi connectivity index (χ1n) is 6.86. The SMILES string of the molecule is O=C(NCCC1CCCNC1)Nc1ccc(Cl)c(Cl)c1. The molecule has 20 heavy (non-hydrogen) atoms. The van der Waals surface area contributed by atoms with Gasteiger partial charge in [0.15, 0.2) is 0 Å². The van der Waals surface area contributed by atoms with E-state index < -0.39 is 0 Å². The lowest BCUT2D eigenvalue weighted by atomic mass is 9.96. The zero-order valence-electron chi connectivity index (χ0n) is 11.2. The number of piperidine rings is 1. The summed E-state index contributed by atoms with van der Waals surface area (Å²) in [5.41, 5.74) is 0.635. The van der Waals surface area contributed by atoms with E-state index in [1.165, 1.54) is 12.8 Å². The van der Waals surface area contributed by atoms with Crippen molar-refractivity contribution in [1.29, 1.82) is 0 Å². The van der Waals surface area contributed by atoms with Crippen molar-refractivity contribution >= 4 is 34.9 Å². The van der Waals surface area contributed by atoms with Crippen LogP contribution >= 0.6 is 23.2 Å². The van der Waals surface area contributed by atoms with Crippen molar-refractivity contribution in [1.82, 2.24) is 10.6 Å². The summed E-state index contributed by atoms with van der Waals surface area (Å²) in [5, 5.41) is 9.87. The highest BCUT2D eigenvalue weighted by Crippen LogP contribution is 2.24.